The topological polar surface area (TPSA) is 94.8 Å². The predicted molar refractivity (Wildman–Crippen MR) is 69.1 cm³/mol. The van der Waals surface area contributed by atoms with E-state index in [0.717, 1.165) is 11.7 Å². The van der Waals surface area contributed by atoms with E-state index in [0.29, 0.717) is 0 Å². The van der Waals surface area contributed by atoms with Crippen LogP contribution < -0.4 is 0 Å². The Labute approximate surface area is 116 Å². The van der Waals surface area contributed by atoms with Crippen LogP contribution in [0.1, 0.15) is 47.2 Å². The molecule has 0 bridgehead atoms. The molecule has 1 aromatic rings. The first-order chi connectivity index (χ1) is 9.08. The molecule has 1 heterocycles. The van der Waals surface area contributed by atoms with Gasteiger partial charge in [0, 0.05) is 6.20 Å². The van der Waals surface area contributed by atoms with Gasteiger partial charge in [-0.3, -0.25) is 0 Å². The van der Waals surface area contributed by atoms with Crippen molar-refractivity contribution in [1.82, 2.24) is 4.57 Å². The molecule has 1 aromatic heterocycles. The molecule has 0 unspecified atom stereocenters. The minimum absolute atomic E-state index is 0.267. The molecule has 0 saturated carbocycles. The number of hydrogen-bond donors (Lipinski definition) is 1. The number of carboxylic acids is 1. The van der Waals surface area contributed by atoms with Crippen molar-refractivity contribution in [3.05, 3.63) is 23.0 Å². The Morgan fingerprint density at radius 3 is 2.20 bits per heavy atom. The van der Waals surface area contributed by atoms with Crippen LogP contribution in [0, 0.1) is 6.92 Å². The summed E-state index contributed by atoms with van der Waals surface area (Å²) in [4.78, 5) is 35.0. The molecule has 20 heavy (non-hydrogen) atoms. The van der Waals surface area contributed by atoms with Gasteiger partial charge in [0.25, 0.3) is 0 Å². The second-order valence-electron chi connectivity index (χ2n) is 5.18. The molecule has 0 atom stereocenters. The molecule has 1 rings (SSSR count). The van der Waals surface area contributed by atoms with Gasteiger partial charge >= 0.3 is 18.0 Å². The standard InChI is InChI=1S/C13H17NO6/c1-7-6-14(12(18)20-13(2,3)4)9(11(17)19-5)8(7)10(15)16/h6H,1-5H3,(H,15,16). The van der Waals surface area contributed by atoms with Gasteiger partial charge in [0.05, 0.1) is 12.7 Å². The van der Waals surface area contributed by atoms with Gasteiger partial charge < -0.3 is 14.6 Å². The maximum absolute atomic E-state index is 12.0. The number of ether oxygens (including phenoxy) is 2. The monoisotopic (exact) mass is 283 g/mol. The molecule has 110 valence electrons. The molecule has 0 aliphatic heterocycles. The summed E-state index contributed by atoms with van der Waals surface area (Å²) in [5.41, 5.74) is -1.13. The van der Waals surface area contributed by atoms with Crippen molar-refractivity contribution < 1.29 is 29.0 Å². The van der Waals surface area contributed by atoms with Crippen LogP contribution in [0.4, 0.5) is 4.79 Å². The van der Waals surface area contributed by atoms with Crippen molar-refractivity contribution >= 4 is 18.0 Å². The van der Waals surface area contributed by atoms with Gasteiger partial charge in [-0.05, 0) is 33.3 Å². The van der Waals surface area contributed by atoms with Gasteiger partial charge in [0.15, 0.2) is 5.69 Å². The average Bonchev–Trinajstić information content (AvgIpc) is 2.63. The van der Waals surface area contributed by atoms with Crippen molar-refractivity contribution in [3.8, 4) is 0 Å². The number of nitrogens with zero attached hydrogens (tertiary/aromatic N) is 1. The Kier molecular flexibility index (Phi) is 4.22. The largest absolute Gasteiger partial charge is 0.478 e. The van der Waals surface area contributed by atoms with Crippen molar-refractivity contribution in [2.75, 3.05) is 7.11 Å². The Bertz CT molecular complexity index is 564. The highest BCUT2D eigenvalue weighted by atomic mass is 16.6. The first kappa shape index (κ1) is 15.7. The number of hydrogen-bond acceptors (Lipinski definition) is 5. The molecule has 0 amide bonds. The number of carbonyl (C=O) groups is 3. The minimum atomic E-state index is -1.31. The highest BCUT2D eigenvalue weighted by Crippen LogP contribution is 2.20. The van der Waals surface area contributed by atoms with Crippen molar-refractivity contribution in [1.29, 1.82) is 0 Å². The second kappa shape index (κ2) is 5.36. The maximum Gasteiger partial charge on any atom is 0.419 e. The van der Waals surface area contributed by atoms with Crippen LogP contribution in [0.5, 0.6) is 0 Å². The first-order valence-electron chi connectivity index (χ1n) is 5.85. The molecule has 0 radical (unpaired) electrons. The summed E-state index contributed by atoms with van der Waals surface area (Å²) in [5.74, 6) is -2.23. The van der Waals surface area contributed by atoms with Crippen LogP contribution >= 0.6 is 0 Å². The molecule has 7 nitrogen and oxygen atoms in total. The number of methoxy groups -OCH3 is 1. The zero-order valence-electron chi connectivity index (χ0n) is 12.0. The summed E-state index contributed by atoms with van der Waals surface area (Å²) in [6, 6.07) is 0. The van der Waals surface area contributed by atoms with Crippen molar-refractivity contribution in [3.63, 3.8) is 0 Å². The minimum Gasteiger partial charge on any atom is -0.478 e. The molecule has 0 fully saturated rings. The van der Waals surface area contributed by atoms with E-state index in [2.05, 4.69) is 4.74 Å². The Balaban J connectivity index is 3.40. The molecule has 0 saturated heterocycles. The number of aromatic carboxylic acids is 1. The summed E-state index contributed by atoms with van der Waals surface area (Å²) in [6.45, 7) is 6.47. The Morgan fingerprint density at radius 1 is 1.25 bits per heavy atom. The van der Waals surface area contributed by atoms with Crippen LogP contribution in [0.25, 0.3) is 0 Å². The molecular weight excluding hydrogens is 266 g/mol. The lowest BCUT2D eigenvalue weighted by Gasteiger charge is -2.20. The number of esters is 1. The molecule has 0 aliphatic carbocycles. The number of carboxylic acid groups (broad SMARTS) is 1. The predicted octanol–water partition coefficient (Wildman–Crippen LogP) is 2.06. The Hall–Kier alpha value is -2.31. The second-order valence-corrected chi connectivity index (χ2v) is 5.18. The number of rotatable bonds is 2. The van der Waals surface area contributed by atoms with Crippen LogP contribution in [0.15, 0.2) is 6.20 Å². The van der Waals surface area contributed by atoms with E-state index in [9.17, 15) is 14.4 Å². The Morgan fingerprint density at radius 2 is 1.80 bits per heavy atom. The van der Waals surface area contributed by atoms with Crippen LogP contribution in [0.2, 0.25) is 0 Å². The number of aromatic nitrogens is 1. The van der Waals surface area contributed by atoms with E-state index in [-0.39, 0.29) is 16.8 Å². The molecular formula is C13H17NO6. The molecule has 0 aliphatic rings. The first-order valence-corrected chi connectivity index (χ1v) is 5.85. The third-order valence-corrected chi connectivity index (χ3v) is 2.38. The summed E-state index contributed by atoms with van der Waals surface area (Å²) in [6.07, 6.45) is 0.401. The average molecular weight is 283 g/mol. The van der Waals surface area contributed by atoms with Gasteiger partial charge in [-0.25, -0.2) is 19.0 Å². The summed E-state index contributed by atoms with van der Waals surface area (Å²) in [7, 11) is 1.11. The van der Waals surface area contributed by atoms with E-state index in [1.54, 1.807) is 20.8 Å². The lowest BCUT2D eigenvalue weighted by Crippen LogP contribution is -2.29. The zero-order valence-corrected chi connectivity index (χ0v) is 12.0. The smallest absolute Gasteiger partial charge is 0.419 e. The fourth-order valence-corrected chi connectivity index (χ4v) is 1.65. The third-order valence-electron chi connectivity index (χ3n) is 2.38. The van der Waals surface area contributed by atoms with Crippen LogP contribution in [-0.4, -0.2) is 40.4 Å². The van der Waals surface area contributed by atoms with Gasteiger partial charge in [-0.1, -0.05) is 0 Å². The van der Waals surface area contributed by atoms with E-state index in [4.69, 9.17) is 9.84 Å². The lowest BCUT2D eigenvalue weighted by atomic mass is 10.1. The third kappa shape index (κ3) is 3.17. The van der Waals surface area contributed by atoms with E-state index >= 15 is 0 Å². The van der Waals surface area contributed by atoms with Crippen molar-refractivity contribution in [2.24, 2.45) is 0 Å². The lowest BCUT2D eigenvalue weighted by molar-refractivity contribution is 0.0480. The fourth-order valence-electron chi connectivity index (χ4n) is 1.65. The molecule has 7 heteroatoms. The summed E-state index contributed by atoms with van der Waals surface area (Å²) in [5, 5.41) is 9.15. The van der Waals surface area contributed by atoms with Crippen molar-refractivity contribution in [2.45, 2.75) is 33.3 Å². The van der Waals surface area contributed by atoms with Crippen LogP contribution in [-0.2, 0) is 9.47 Å². The van der Waals surface area contributed by atoms with Gasteiger partial charge in [-0.15, -0.1) is 0 Å². The SMILES string of the molecule is COC(=O)c1c(C(=O)O)c(C)cn1C(=O)OC(C)(C)C. The summed E-state index contributed by atoms with van der Waals surface area (Å²) >= 11 is 0. The van der Waals surface area contributed by atoms with Crippen LogP contribution in [0.3, 0.4) is 0 Å². The maximum atomic E-state index is 12.0. The quantitative estimate of drug-likeness (QED) is 0.835. The fraction of sp³-hybridized carbons (Fsp3) is 0.462. The van der Waals surface area contributed by atoms with E-state index in [1.807, 2.05) is 0 Å². The van der Waals surface area contributed by atoms with E-state index < -0.39 is 23.6 Å². The molecule has 0 spiro atoms. The molecule has 1 N–H and O–H groups in total. The zero-order chi connectivity index (χ0) is 15.7. The van der Waals surface area contributed by atoms with Gasteiger partial charge in [-0.2, -0.15) is 0 Å². The summed E-state index contributed by atoms with van der Waals surface area (Å²) < 4.78 is 10.5. The number of aryl methyl sites for hydroxylation is 1. The normalized spacial score (nSPS) is 11.1. The highest BCUT2D eigenvalue weighted by Gasteiger charge is 2.30. The number of carbonyl (C=O) groups excluding carboxylic acids is 2. The van der Waals surface area contributed by atoms with Gasteiger partial charge in [0.2, 0.25) is 0 Å². The van der Waals surface area contributed by atoms with E-state index in [1.165, 1.54) is 13.1 Å². The highest BCUT2D eigenvalue weighted by molar-refractivity contribution is 6.04. The van der Waals surface area contributed by atoms with Gasteiger partial charge in [0.1, 0.15) is 5.60 Å². The molecule has 0 aromatic carbocycles.